The van der Waals surface area contributed by atoms with Crippen LogP contribution in [0.4, 0.5) is 0 Å². The van der Waals surface area contributed by atoms with Crippen LogP contribution in [0.3, 0.4) is 0 Å². The Kier molecular flexibility index (Phi) is 3.51. The molecule has 0 rings (SSSR count). The molecule has 0 amide bonds. The first-order chi connectivity index (χ1) is 2.77. The molecule has 0 aliphatic rings. The van der Waals surface area contributed by atoms with Crippen molar-refractivity contribution in [1.29, 1.82) is 0 Å². The van der Waals surface area contributed by atoms with Gasteiger partial charge >= 0.3 is 15.2 Å². The molecule has 0 radical (unpaired) electrons. The Morgan fingerprint density at radius 2 is 2.33 bits per heavy atom. The zero-order valence-corrected chi connectivity index (χ0v) is 5.74. The monoisotopic (exact) mass is 100 g/mol. The van der Waals surface area contributed by atoms with Crippen molar-refractivity contribution in [2.45, 2.75) is 19.1 Å². The van der Waals surface area contributed by atoms with Crippen molar-refractivity contribution in [2.24, 2.45) is 0 Å². The van der Waals surface area contributed by atoms with Crippen molar-refractivity contribution in [1.82, 2.24) is 0 Å². The second-order valence-corrected chi connectivity index (χ2v) is 3.95. The topological polar surface area (TPSA) is 17.1 Å². The Morgan fingerprint density at radius 3 is 2.33 bits per heavy atom. The first-order valence-electron chi connectivity index (χ1n) is 2.26. The number of hydrogen-bond donors (Lipinski definition) is 0. The molecule has 0 atom stereocenters. The maximum atomic E-state index is 10.1. The summed E-state index contributed by atoms with van der Waals surface area (Å²) in [5.74, 6) is 0. The van der Waals surface area contributed by atoms with Gasteiger partial charge in [-0.3, -0.25) is 0 Å². The highest BCUT2D eigenvalue weighted by Crippen LogP contribution is 1.71. The average Bonchev–Trinajstić information content (AvgIpc) is 1.35. The van der Waals surface area contributed by atoms with E-state index in [0.717, 1.165) is 5.28 Å². The molecule has 2 heteroatoms. The third kappa shape index (κ3) is 4.20. The van der Waals surface area contributed by atoms with Gasteiger partial charge < -0.3 is 4.79 Å². The van der Waals surface area contributed by atoms with E-state index in [9.17, 15) is 4.79 Å². The quantitative estimate of drug-likeness (QED) is 0.459. The molecule has 0 aromatic rings. The molecular weight excluding hydrogens is 91.0 g/mol. The van der Waals surface area contributed by atoms with Crippen LogP contribution in [0, 0.1) is 0 Å². The van der Waals surface area contributed by atoms with E-state index in [1.54, 1.807) is 6.92 Å². The molecule has 0 bridgehead atoms. The highest BCUT2D eigenvalue weighted by molar-refractivity contribution is 6.73. The largest absolute Gasteiger partial charge is 0.341 e. The van der Waals surface area contributed by atoms with Gasteiger partial charge in [-0.1, -0.05) is 12.2 Å². The lowest BCUT2D eigenvalue weighted by Crippen LogP contribution is -1.99. The van der Waals surface area contributed by atoms with Crippen molar-refractivity contribution in [3.63, 3.8) is 0 Å². The van der Waals surface area contributed by atoms with Crippen LogP contribution in [0.5, 0.6) is 0 Å². The molecule has 0 heterocycles. The summed E-state index contributed by atoms with van der Waals surface area (Å²) < 4.78 is 0.428. The van der Waals surface area contributed by atoms with Gasteiger partial charge in [0.25, 0.3) is 0 Å². The van der Waals surface area contributed by atoms with Crippen molar-refractivity contribution in [3.05, 3.63) is 0 Å². The Morgan fingerprint density at radius 1 is 1.83 bits per heavy atom. The van der Waals surface area contributed by atoms with E-state index in [2.05, 4.69) is 6.92 Å². The zero-order chi connectivity index (χ0) is 4.99. The van der Waals surface area contributed by atoms with Crippen molar-refractivity contribution in [3.8, 4) is 0 Å². The molecule has 1 nitrogen and oxygen atoms in total. The third-order valence-corrected chi connectivity index (χ3v) is 1.81. The smallest absolute Gasteiger partial charge is 0.322 e. The number of rotatable bonds is 2. The molecule has 0 N–H and O–H groups in total. The van der Waals surface area contributed by atoms with Crippen LogP contribution in [-0.4, -0.2) is 19.9 Å². The molecule has 0 spiro atoms. The van der Waals surface area contributed by atoms with Gasteiger partial charge in [-0.2, -0.15) is 0 Å². The van der Waals surface area contributed by atoms with Crippen LogP contribution >= 0.6 is 0 Å². The molecule has 0 aliphatic heterocycles. The molecule has 0 fully saturated rings. The fraction of sp³-hybridized carbons (Fsp3) is 0.750. The Balaban J connectivity index is 2.83. The molecule has 0 aromatic carbocycles. The van der Waals surface area contributed by atoms with Crippen molar-refractivity contribution in [2.75, 3.05) is 0 Å². The van der Waals surface area contributed by atoms with E-state index in [1.807, 2.05) is 0 Å². The first-order valence-corrected chi connectivity index (χ1v) is 3.97. The minimum absolute atomic E-state index is 0.282. The maximum Gasteiger partial charge on any atom is 0.341 e. The van der Waals surface area contributed by atoms with Crippen LogP contribution in [0.25, 0.3) is 0 Å². The van der Waals surface area contributed by atoms with Gasteiger partial charge in [0, 0.05) is 4.65 Å². The van der Waals surface area contributed by atoms with Crippen LogP contribution in [-0.2, 0) is 4.79 Å². The summed E-state index contributed by atoms with van der Waals surface area (Å²) in [6.07, 6.45) is 0. The van der Waals surface area contributed by atoms with Crippen LogP contribution < -0.4 is 0 Å². The Hall–Kier alpha value is 0.202. The summed E-state index contributed by atoms with van der Waals surface area (Å²) in [6, 6.07) is 0. The summed E-state index contributed by atoms with van der Waals surface area (Å²) in [5, 5.41) is 1.12. The van der Waals surface area contributed by atoms with E-state index in [0.29, 0.717) is 4.65 Å². The van der Waals surface area contributed by atoms with Gasteiger partial charge in [-0.25, -0.2) is 0 Å². The van der Waals surface area contributed by atoms with Crippen molar-refractivity contribution >= 4 is 19.9 Å². The van der Waals surface area contributed by atoms with Gasteiger partial charge in [0.15, 0.2) is 0 Å². The van der Waals surface area contributed by atoms with E-state index >= 15 is 0 Å². The second-order valence-electron chi connectivity index (χ2n) is 1.45. The SMILES string of the molecule is C[CH2][AlH][C](C)=O. The number of carbonyl (C=O) groups is 1. The second kappa shape index (κ2) is 3.39. The molecular formula is C4H9AlO. The predicted molar refractivity (Wildman–Crippen MR) is 28.3 cm³/mol. The lowest BCUT2D eigenvalue weighted by Gasteiger charge is -1.75. The van der Waals surface area contributed by atoms with E-state index in [1.165, 1.54) is 0 Å². The summed E-state index contributed by atoms with van der Waals surface area (Å²) in [5.41, 5.74) is 0. The lowest BCUT2D eigenvalue weighted by molar-refractivity contribution is -0.110. The molecule has 0 unspecified atom stereocenters. The number of carbonyl (C=O) groups excluding carboxylic acids is 1. The summed E-state index contributed by atoms with van der Waals surface area (Å²) in [7, 11) is 0. The highest BCUT2D eigenvalue weighted by Gasteiger charge is 1.91. The van der Waals surface area contributed by atoms with Gasteiger partial charge in [0.1, 0.15) is 0 Å². The van der Waals surface area contributed by atoms with Gasteiger partial charge in [-0.05, 0) is 6.92 Å². The van der Waals surface area contributed by atoms with Gasteiger partial charge in [-0.15, -0.1) is 0 Å². The molecule has 0 saturated carbocycles. The fourth-order valence-corrected chi connectivity index (χ4v) is 1.06. The highest BCUT2D eigenvalue weighted by atomic mass is 27.1. The van der Waals surface area contributed by atoms with Crippen molar-refractivity contribution < 1.29 is 4.79 Å². The zero-order valence-electron chi connectivity index (χ0n) is 4.32. The molecule has 34 valence electrons. The number of hydrogen-bond acceptors (Lipinski definition) is 1. The van der Waals surface area contributed by atoms with Crippen LogP contribution in [0.1, 0.15) is 13.8 Å². The third-order valence-electron chi connectivity index (χ3n) is 0.602. The molecule has 0 saturated heterocycles. The summed E-state index contributed by atoms with van der Waals surface area (Å²) >= 11 is -0.282. The molecule has 0 aliphatic carbocycles. The van der Waals surface area contributed by atoms with E-state index in [4.69, 9.17) is 0 Å². The average molecular weight is 100 g/mol. The van der Waals surface area contributed by atoms with Gasteiger partial charge in [0.2, 0.25) is 0 Å². The molecule has 6 heavy (non-hydrogen) atoms. The molecule has 0 aromatic heterocycles. The van der Waals surface area contributed by atoms with Gasteiger partial charge in [0.05, 0.1) is 0 Å². The minimum atomic E-state index is -0.282. The first kappa shape index (κ1) is 6.20. The normalized spacial score (nSPS) is 7.67. The lowest BCUT2D eigenvalue weighted by atomic mass is 10.9. The summed E-state index contributed by atoms with van der Waals surface area (Å²) in [6.45, 7) is 3.74. The fourth-order valence-electron chi connectivity index (χ4n) is 0.352. The van der Waals surface area contributed by atoms with E-state index < -0.39 is 0 Å². The van der Waals surface area contributed by atoms with E-state index in [-0.39, 0.29) is 15.2 Å². The maximum absolute atomic E-state index is 10.1. The predicted octanol–water partition coefficient (Wildman–Crippen LogP) is 0.408. The van der Waals surface area contributed by atoms with Crippen LogP contribution in [0.2, 0.25) is 5.28 Å². The standard InChI is InChI=1S/C2H3O.C2H5.Al.H/c1-2-3;1-2;;/h1H3;1H2,2H3;;. The Labute approximate surface area is 44.5 Å². The minimum Gasteiger partial charge on any atom is -0.322 e. The van der Waals surface area contributed by atoms with Crippen LogP contribution in [0.15, 0.2) is 0 Å². The summed E-state index contributed by atoms with van der Waals surface area (Å²) in [4.78, 5) is 10.1. The Bertz CT molecular complexity index is 51.5.